The predicted octanol–water partition coefficient (Wildman–Crippen LogP) is 2.37. The highest BCUT2D eigenvalue weighted by Gasteiger charge is 2.19. The first kappa shape index (κ1) is 19.3. The van der Waals surface area contributed by atoms with Crippen molar-refractivity contribution in [2.45, 2.75) is 6.92 Å². The Morgan fingerprint density at radius 3 is 2.63 bits per heavy atom. The summed E-state index contributed by atoms with van der Waals surface area (Å²) in [7, 11) is 0. The number of amides is 1. The van der Waals surface area contributed by atoms with E-state index >= 15 is 0 Å². The molecule has 11 nitrogen and oxygen atoms in total. The van der Waals surface area contributed by atoms with E-state index < -0.39 is 27.2 Å². The smallest absolute Gasteiger partial charge is 0.315 e. The van der Waals surface area contributed by atoms with E-state index in [2.05, 4.69) is 10.5 Å². The average Bonchev–Trinajstić information content (AvgIpc) is 2.64. The number of non-ortho nitro benzene ring substituents is 1. The van der Waals surface area contributed by atoms with Crippen LogP contribution in [0.2, 0.25) is 0 Å². The molecule has 0 unspecified atom stereocenters. The van der Waals surface area contributed by atoms with E-state index in [4.69, 9.17) is 4.74 Å². The standard InChI is InChI=1S/C16H14N4O7/c1-2-27-14-7-10(6-13(15(14)21)20(25)26)9-17-18-16(22)11-4-3-5-12(8-11)19(23)24/h3-9,21H,2H2,1H3,(H,18,22)/b17-9+. The molecule has 0 fully saturated rings. The second-order valence-electron chi connectivity index (χ2n) is 5.08. The van der Waals surface area contributed by atoms with Gasteiger partial charge in [0.1, 0.15) is 0 Å². The summed E-state index contributed by atoms with van der Waals surface area (Å²) in [6.07, 6.45) is 1.12. The van der Waals surface area contributed by atoms with Crippen molar-refractivity contribution in [3.05, 3.63) is 67.8 Å². The summed E-state index contributed by atoms with van der Waals surface area (Å²) in [5.74, 6) is -1.41. The Kier molecular flexibility index (Phi) is 5.99. The first-order valence-electron chi connectivity index (χ1n) is 7.55. The molecule has 0 aromatic heterocycles. The number of nitro benzene ring substituents is 2. The number of nitro groups is 2. The lowest BCUT2D eigenvalue weighted by Gasteiger charge is -2.07. The lowest BCUT2D eigenvalue weighted by Crippen LogP contribution is -2.17. The number of carbonyl (C=O) groups excluding carboxylic acids is 1. The van der Waals surface area contributed by atoms with E-state index in [1.807, 2.05) is 0 Å². The third-order valence-corrected chi connectivity index (χ3v) is 3.27. The molecule has 140 valence electrons. The summed E-state index contributed by atoms with van der Waals surface area (Å²) in [5.41, 5.74) is 1.56. The summed E-state index contributed by atoms with van der Waals surface area (Å²) in [5, 5.41) is 35.2. The third-order valence-electron chi connectivity index (χ3n) is 3.27. The molecule has 0 aliphatic heterocycles. The van der Waals surface area contributed by atoms with Crippen LogP contribution >= 0.6 is 0 Å². The van der Waals surface area contributed by atoms with Crippen LogP contribution in [0.15, 0.2) is 41.5 Å². The van der Waals surface area contributed by atoms with Crippen LogP contribution in [0.1, 0.15) is 22.8 Å². The molecule has 0 aliphatic carbocycles. The number of aromatic hydroxyl groups is 1. The quantitative estimate of drug-likeness (QED) is 0.428. The van der Waals surface area contributed by atoms with Crippen molar-refractivity contribution >= 4 is 23.5 Å². The predicted molar refractivity (Wildman–Crippen MR) is 94.1 cm³/mol. The van der Waals surface area contributed by atoms with Crippen molar-refractivity contribution in [1.82, 2.24) is 5.43 Å². The lowest BCUT2D eigenvalue weighted by atomic mass is 10.2. The number of hydrogen-bond acceptors (Lipinski definition) is 8. The van der Waals surface area contributed by atoms with Crippen LogP contribution < -0.4 is 10.2 Å². The molecule has 2 N–H and O–H groups in total. The van der Waals surface area contributed by atoms with Crippen molar-refractivity contribution < 1.29 is 24.5 Å². The molecular weight excluding hydrogens is 360 g/mol. The van der Waals surface area contributed by atoms with E-state index in [1.165, 1.54) is 24.3 Å². The fraction of sp³-hybridized carbons (Fsp3) is 0.125. The summed E-state index contributed by atoms with van der Waals surface area (Å²) >= 11 is 0. The van der Waals surface area contributed by atoms with Crippen molar-refractivity contribution in [3.63, 3.8) is 0 Å². The number of phenolic OH excluding ortho intramolecular Hbond substituents is 1. The molecule has 0 spiro atoms. The Bertz CT molecular complexity index is 927. The van der Waals surface area contributed by atoms with Gasteiger partial charge in [-0.1, -0.05) is 6.07 Å². The van der Waals surface area contributed by atoms with E-state index in [0.29, 0.717) is 0 Å². The Morgan fingerprint density at radius 1 is 1.26 bits per heavy atom. The molecule has 11 heteroatoms. The summed E-state index contributed by atoms with van der Waals surface area (Å²) in [6.45, 7) is 1.82. The highest BCUT2D eigenvalue weighted by atomic mass is 16.6. The molecule has 0 aliphatic rings. The van der Waals surface area contributed by atoms with Gasteiger partial charge in [-0.25, -0.2) is 5.43 Å². The van der Waals surface area contributed by atoms with Gasteiger partial charge in [-0.2, -0.15) is 5.10 Å². The maximum atomic E-state index is 12.0. The minimum atomic E-state index is -0.781. The number of ether oxygens (including phenoxy) is 1. The first-order valence-corrected chi connectivity index (χ1v) is 7.55. The second-order valence-corrected chi connectivity index (χ2v) is 5.08. The maximum absolute atomic E-state index is 12.0. The van der Waals surface area contributed by atoms with Gasteiger partial charge in [0.2, 0.25) is 5.75 Å². The van der Waals surface area contributed by atoms with Crippen LogP contribution in [0.4, 0.5) is 11.4 Å². The minimum Gasteiger partial charge on any atom is -0.500 e. The number of nitrogens with zero attached hydrogens (tertiary/aromatic N) is 3. The Morgan fingerprint density at radius 2 is 2.00 bits per heavy atom. The van der Waals surface area contributed by atoms with Crippen molar-refractivity contribution in [2.75, 3.05) is 6.61 Å². The number of rotatable bonds is 7. The minimum absolute atomic E-state index is 0.0213. The van der Waals surface area contributed by atoms with Crippen LogP contribution in [-0.2, 0) is 0 Å². The van der Waals surface area contributed by atoms with Crippen LogP contribution in [0.5, 0.6) is 11.5 Å². The van der Waals surface area contributed by atoms with Crippen LogP contribution in [0.3, 0.4) is 0 Å². The van der Waals surface area contributed by atoms with Gasteiger partial charge in [0.15, 0.2) is 5.75 Å². The summed E-state index contributed by atoms with van der Waals surface area (Å²) in [4.78, 5) is 32.3. The van der Waals surface area contributed by atoms with Crippen molar-refractivity contribution in [3.8, 4) is 11.5 Å². The van der Waals surface area contributed by atoms with Crippen LogP contribution in [0.25, 0.3) is 0 Å². The molecule has 1 amide bonds. The second kappa shape index (κ2) is 8.38. The number of phenols is 1. The van der Waals surface area contributed by atoms with Gasteiger partial charge in [0.25, 0.3) is 11.6 Å². The van der Waals surface area contributed by atoms with E-state index in [-0.39, 0.29) is 29.2 Å². The fourth-order valence-electron chi connectivity index (χ4n) is 2.08. The molecule has 2 aromatic rings. The highest BCUT2D eigenvalue weighted by molar-refractivity contribution is 5.95. The number of hydrazone groups is 1. The zero-order chi connectivity index (χ0) is 20.0. The number of benzene rings is 2. The molecule has 0 heterocycles. The molecule has 0 saturated heterocycles. The van der Waals surface area contributed by atoms with E-state index in [9.17, 15) is 30.1 Å². The molecule has 0 saturated carbocycles. The van der Waals surface area contributed by atoms with Gasteiger partial charge >= 0.3 is 5.69 Å². The molecule has 2 aromatic carbocycles. The van der Waals surface area contributed by atoms with Crippen molar-refractivity contribution in [1.29, 1.82) is 0 Å². The average molecular weight is 374 g/mol. The third kappa shape index (κ3) is 4.75. The Labute approximate surface area is 152 Å². The highest BCUT2D eigenvalue weighted by Crippen LogP contribution is 2.36. The van der Waals surface area contributed by atoms with Gasteiger partial charge in [0, 0.05) is 29.3 Å². The van der Waals surface area contributed by atoms with E-state index in [0.717, 1.165) is 18.3 Å². The van der Waals surface area contributed by atoms with Gasteiger partial charge in [0.05, 0.1) is 22.7 Å². The van der Waals surface area contributed by atoms with Gasteiger partial charge < -0.3 is 9.84 Å². The zero-order valence-electron chi connectivity index (χ0n) is 14.0. The van der Waals surface area contributed by atoms with E-state index in [1.54, 1.807) is 6.92 Å². The first-order chi connectivity index (χ1) is 12.8. The Balaban J connectivity index is 2.20. The van der Waals surface area contributed by atoms with Crippen molar-refractivity contribution in [2.24, 2.45) is 5.10 Å². The number of hydrogen-bond donors (Lipinski definition) is 2. The lowest BCUT2D eigenvalue weighted by molar-refractivity contribution is -0.386. The molecule has 0 bridgehead atoms. The summed E-state index contributed by atoms with van der Waals surface area (Å²) in [6, 6.07) is 7.43. The Hall–Kier alpha value is -4.02. The molecule has 0 radical (unpaired) electrons. The zero-order valence-corrected chi connectivity index (χ0v) is 14.0. The number of nitrogens with one attached hydrogen (secondary N) is 1. The topological polar surface area (TPSA) is 157 Å². The molecular formula is C16H14N4O7. The van der Waals surface area contributed by atoms with Crippen LogP contribution in [-0.4, -0.2) is 33.7 Å². The monoisotopic (exact) mass is 374 g/mol. The van der Waals surface area contributed by atoms with Crippen LogP contribution in [0, 0.1) is 20.2 Å². The molecule has 2 rings (SSSR count). The van der Waals surface area contributed by atoms with Gasteiger partial charge in [-0.15, -0.1) is 0 Å². The van der Waals surface area contributed by atoms with Gasteiger partial charge in [-0.05, 0) is 19.1 Å². The SMILES string of the molecule is CCOc1cc(/C=N/NC(=O)c2cccc([N+](=O)[O-])c2)cc([N+](=O)[O-])c1O. The molecule has 27 heavy (non-hydrogen) atoms. The normalized spacial score (nSPS) is 10.6. The summed E-state index contributed by atoms with van der Waals surface area (Å²) < 4.78 is 5.13. The molecule has 0 atom stereocenters. The van der Waals surface area contributed by atoms with Gasteiger partial charge in [-0.3, -0.25) is 25.0 Å². The number of carbonyl (C=O) groups is 1. The maximum Gasteiger partial charge on any atom is 0.315 e. The fourth-order valence-corrected chi connectivity index (χ4v) is 2.08. The largest absolute Gasteiger partial charge is 0.500 e.